The number of imidazole rings is 1. The predicted octanol–water partition coefficient (Wildman–Crippen LogP) is 3.87. The Morgan fingerprint density at radius 2 is 1.86 bits per heavy atom. The van der Waals surface area contributed by atoms with Crippen LogP contribution < -0.4 is 20.3 Å². The number of benzene rings is 1. The van der Waals surface area contributed by atoms with Crippen LogP contribution in [0.15, 0.2) is 30.3 Å². The summed E-state index contributed by atoms with van der Waals surface area (Å²) in [5.41, 5.74) is 0.946. The lowest BCUT2D eigenvalue weighted by Crippen LogP contribution is -2.46. The van der Waals surface area contributed by atoms with Gasteiger partial charge in [0.05, 0.1) is 24.2 Å². The number of rotatable bonds is 11. The maximum absolute atomic E-state index is 14.2. The topological polar surface area (TPSA) is 133 Å². The van der Waals surface area contributed by atoms with Crippen LogP contribution in [0.1, 0.15) is 44.4 Å². The molecule has 12 nitrogen and oxygen atoms in total. The number of carbonyl (C=O) groups excluding carboxylic acids is 2. The number of amides is 2. The van der Waals surface area contributed by atoms with Crippen molar-refractivity contribution >= 4 is 40.7 Å². The molecule has 0 spiro atoms. The van der Waals surface area contributed by atoms with Gasteiger partial charge in [0, 0.05) is 38.7 Å². The first-order chi connectivity index (χ1) is 21.4. The maximum Gasteiger partial charge on any atom is 0.407 e. The predicted molar refractivity (Wildman–Crippen MR) is 162 cm³/mol. The van der Waals surface area contributed by atoms with E-state index >= 15 is 0 Å². The summed E-state index contributed by atoms with van der Waals surface area (Å²) in [7, 11) is 1.45. The Hall–Kier alpha value is -3.72. The van der Waals surface area contributed by atoms with Gasteiger partial charge in [-0.15, -0.1) is 0 Å². The molecule has 1 aliphatic heterocycles. The molecule has 1 saturated heterocycles. The number of alkyl halides is 2. The molecule has 0 radical (unpaired) electrons. The summed E-state index contributed by atoms with van der Waals surface area (Å²) >= 11 is 1.57. The van der Waals surface area contributed by atoms with Crippen molar-refractivity contribution in [1.82, 2.24) is 30.2 Å². The number of anilines is 1. The second-order valence-corrected chi connectivity index (χ2v) is 11.6. The number of halogens is 2. The van der Waals surface area contributed by atoms with Crippen LogP contribution in [-0.2, 0) is 14.3 Å². The second-order valence-electron chi connectivity index (χ2n) is 10.6. The number of hydrogen-bond acceptors (Lipinski definition) is 10. The van der Waals surface area contributed by atoms with E-state index in [2.05, 4.69) is 25.6 Å². The summed E-state index contributed by atoms with van der Waals surface area (Å²) < 4.78 is 46.8. The zero-order valence-electron chi connectivity index (χ0n) is 24.7. The zero-order chi connectivity index (χ0) is 31.1. The molecule has 2 N–H and O–H groups in total. The highest BCUT2D eigenvalue weighted by atomic mass is 32.2. The number of fused-ring (bicyclic) bond motifs is 1. The minimum Gasteiger partial charge on any atom is -0.474 e. The number of alkyl carbamates (subject to hydrolysis) is 1. The lowest BCUT2D eigenvalue weighted by atomic mass is 9.92. The number of para-hydroxylation sites is 2. The summed E-state index contributed by atoms with van der Waals surface area (Å²) in [4.78, 5) is 40.1. The van der Waals surface area contributed by atoms with E-state index in [-0.39, 0.29) is 29.8 Å². The quantitative estimate of drug-likeness (QED) is 0.321. The molecule has 1 aromatic carbocycles. The first kappa shape index (κ1) is 31.7. The normalized spacial score (nSPS) is 19.5. The average molecular weight is 634 g/mol. The van der Waals surface area contributed by atoms with E-state index in [0.717, 1.165) is 0 Å². The van der Waals surface area contributed by atoms with Crippen molar-refractivity contribution < 1.29 is 32.6 Å². The van der Waals surface area contributed by atoms with Gasteiger partial charge in [0.25, 0.3) is 12.3 Å². The Labute approximate surface area is 258 Å². The van der Waals surface area contributed by atoms with Gasteiger partial charge in [0.1, 0.15) is 11.9 Å². The van der Waals surface area contributed by atoms with Gasteiger partial charge in [-0.1, -0.05) is 12.1 Å². The standard InChI is InChI=1S/C29H37F2N7O5S/c1-32-29(40)43-22(11-16-44-2)27(39)33-18-7-9-19(10-8-18)42-24-17-23(35-28(36-24)37-12-14-41-15-13-37)38-21-6-4-3-5-20(21)34-26(38)25(30)31/h3-6,17-19,22,25H,7-16H2,1-2H3,(H,32,40)(H,33,39)/t18?,19?,22-/m0/s1. The van der Waals surface area contributed by atoms with Crippen molar-refractivity contribution in [3.8, 4) is 11.7 Å². The monoisotopic (exact) mass is 633 g/mol. The average Bonchev–Trinajstić information content (AvgIpc) is 3.44. The number of ether oxygens (including phenoxy) is 3. The number of nitrogens with zero attached hydrogens (tertiary/aromatic N) is 5. The Balaban J connectivity index is 1.32. The fourth-order valence-electron chi connectivity index (χ4n) is 5.36. The Morgan fingerprint density at radius 1 is 1.11 bits per heavy atom. The molecule has 3 heterocycles. The third kappa shape index (κ3) is 7.67. The zero-order valence-corrected chi connectivity index (χ0v) is 25.5. The van der Waals surface area contributed by atoms with Crippen molar-refractivity contribution in [3.63, 3.8) is 0 Å². The summed E-state index contributed by atoms with van der Waals surface area (Å²) in [6.07, 6.45) is 0.394. The van der Waals surface area contributed by atoms with Crippen molar-refractivity contribution in [2.24, 2.45) is 0 Å². The highest BCUT2D eigenvalue weighted by Crippen LogP contribution is 2.31. The molecule has 44 heavy (non-hydrogen) atoms. The van der Waals surface area contributed by atoms with Gasteiger partial charge in [0.2, 0.25) is 11.8 Å². The third-order valence-corrected chi connectivity index (χ3v) is 8.26. The Kier molecular flexibility index (Phi) is 10.7. The summed E-state index contributed by atoms with van der Waals surface area (Å²) in [5, 5.41) is 5.41. The van der Waals surface area contributed by atoms with Gasteiger partial charge >= 0.3 is 6.09 Å². The molecule has 0 unspecified atom stereocenters. The maximum atomic E-state index is 14.2. The molecule has 0 bridgehead atoms. The Bertz CT molecular complexity index is 1430. The Morgan fingerprint density at radius 3 is 2.57 bits per heavy atom. The van der Waals surface area contributed by atoms with Crippen LogP contribution in [0.4, 0.5) is 19.5 Å². The van der Waals surface area contributed by atoms with Crippen molar-refractivity contribution in [2.45, 2.75) is 56.8 Å². The molecule has 2 aliphatic rings. The summed E-state index contributed by atoms with van der Waals surface area (Å²) in [6.45, 7) is 2.12. The molecule has 5 rings (SSSR count). The highest BCUT2D eigenvalue weighted by molar-refractivity contribution is 7.98. The summed E-state index contributed by atoms with van der Waals surface area (Å²) in [6, 6.07) is 8.41. The number of hydrogen-bond donors (Lipinski definition) is 2. The molecule has 2 fully saturated rings. The molecule has 238 valence electrons. The fraction of sp³-hybridized carbons (Fsp3) is 0.552. The van der Waals surface area contributed by atoms with Crippen LogP contribution in [0, 0.1) is 0 Å². The molecule has 1 atom stereocenters. The molecular formula is C29H37F2N7O5S. The van der Waals surface area contributed by atoms with E-state index in [0.29, 0.717) is 81.1 Å². The molecular weight excluding hydrogens is 596 g/mol. The molecule has 15 heteroatoms. The summed E-state index contributed by atoms with van der Waals surface area (Å²) in [5.74, 6) is 0.844. The molecule has 2 amide bonds. The van der Waals surface area contributed by atoms with E-state index in [1.54, 1.807) is 42.1 Å². The molecule has 1 saturated carbocycles. The minimum atomic E-state index is -2.82. The molecule has 1 aliphatic carbocycles. The van der Waals surface area contributed by atoms with Gasteiger partial charge in [-0.05, 0) is 49.8 Å². The fourth-order valence-corrected chi connectivity index (χ4v) is 5.81. The third-order valence-electron chi connectivity index (χ3n) is 7.62. The van der Waals surface area contributed by atoms with Gasteiger partial charge in [-0.2, -0.15) is 21.7 Å². The number of nitrogens with one attached hydrogen (secondary N) is 2. The van der Waals surface area contributed by atoms with E-state index in [1.807, 2.05) is 11.2 Å². The number of carbonyl (C=O) groups is 2. The lowest BCUT2D eigenvalue weighted by molar-refractivity contribution is -0.130. The van der Waals surface area contributed by atoms with Crippen LogP contribution in [0.3, 0.4) is 0 Å². The van der Waals surface area contributed by atoms with Gasteiger partial charge in [0.15, 0.2) is 11.9 Å². The minimum absolute atomic E-state index is 0.0943. The van der Waals surface area contributed by atoms with Gasteiger partial charge < -0.3 is 29.7 Å². The first-order valence-electron chi connectivity index (χ1n) is 14.7. The lowest BCUT2D eigenvalue weighted by Gasteiger charge is -2.31. The van der Waals surface area contributed by atoms with Crippen LogP contribution in [0.5, 0.6) is 5.88 Å². The number of aromatic nitrogens is 4. The molecule has 2 aromatic heterocycles. The van der Waals surface area contributed by atoms with E-state index < -0.39 is 24.4 Å². The van der Waals surface area contributed by atoms with E-state index in [4.69, 9.17) is 14.2 Å². The van der Waals surface area contributed by atoms with E-state index in [9.17, 15) is 18.4 Å². The van der Waals surface area contributed by atoms with Crippen molar-refractivity contribution in [3.05, 3.63) is 36.2 Å². The van der Waals surface area contributed by atoms with Crippen LogP contribution in [-0.4, -0.2) is 95.1 Å². The number of thioether (sulfide) groups is 1. The second kappa shape index (κ2) is 14.8. The largest absolute Gasteiger partial charge is 0.474 e. The number of morpholine rings is 1. The first-order valence-corrected chi connectivity index (χ1v) is 16.1. The van der Waals surface area contributed by atoms with Crippen molar-refractivity contribution in [1.29, 1.82) is 0 Å². The SMILES string of the molecule is CNC(=O)O[C@@H](CCSC)C(=O)NC1CCC(Oc2cc(-n3c(C(F)F)nc4ccccc43)nc(N3CCOCC3)n2)CC1. The van der Waals surface area contributed by atoms with Crippen LogP contribution >= 0.6 is 11.8 Å². The van der Waals surface area contributed by atoms with Crippen LogP contribution in [0.2, 0.25) is 0 Å². The van der Waals surface area contributed by atoms with Crippen molar-refractivity contribution in [2.75, 3.05) is 50.3 Å². The highest BCUT2D eigenvalue weighted by Gasteiger charge is 2.29. The van der Waals surface area contributed by atoms with Gasteiger partial charge in [-0.25, -0.2) is 18.6 Å². The van der Waals surface area contributed by atoms with E-state index in [1.165, 1.54) is 11.6 Å². The molecule has 3 aromatic rings. The van der Waals surface area contributed by atoms with Gasteiger partial charge in [-0.3, -0.25) is 9.36 Å². The van der Waals surface area contributed by atoms with Crippen LogP contribution in [0.25, 0.3) is 16.9 Å². The smallest absolute Gasteiger partial charge is 0.407 e.